The van der Waals surface area contributed by atoms with Gasteiger partial charge in [0.15, 0.2) is 0 Å². The zero-order valence-electron chi connectivity index (χ0n) is 11.9. The van der Waals surface area contributed by atoms with Crippen LogP contribution in [0.2, 0.25) is 0 Å². The van der Waals surface area contributed by atoms with E-state index >= 15 is 0 Å². The Morgan fingerprint density at radius 2 is 2.16 bits per heavy atom. The molecule has 104 valence electrons. The maximum Gasteiger partial charge on any atom is 0.0992 e. The molecule has 0 radical (unpaired) electrons. The van der Waals surface area contributed by atoms with Crippen LogP contribution < -0.4 is 4.90 Å². The largest absolute Gasteiger partial charge is 0.389 e. The van der Waals surface area contributed by atoms with Gasteiger partial charge in [-0.1, -0.05) is 6.07 Å². The summed E-state index contributed by atoms with van der Waals surface area (Å²) in [6, 6.07) is 7.53. The fourth-order valence-corrected chi connectivity index (χ4v) is 2.01. The highest BCUT2D eigenvalue weighted by molar-refractivity contribution is 5.58. The van der Waals surface area contributed by atoms with Gasteiger partial charge in [0.25, 0.3) is 0 Å². The maximum atomic E-state index is 9.84. The lowest BCUT2D eigenvalue weighted by atomic mass is 10.0. The fraction of sp³-hybridized carbons (Fsp3) is 0.533. The summed E-state index contributed by atoms with van der Waals surface area (Å²) in [7, 11) is 0. The van der Waals surface area contributed by atoms with E-state index in [-0.39, 0.29) is 0 Å². The third kappa shape index (κ3) is 4.23. The zero-order valence-corrected chi connectivity index (χ0v) is 11.9. The highest BCUT2D eigenvalue weighted by Crippen LogP contribution is 2.27. The Hall–Kier alpha value is -1.57. The van der Waals surface area contributed by atoms with E-state index in [0.717, 1.165) is 24.3 Å². The smallest absolute Gasteiger partial charge is 0.0992 e. The molecule has 4 heteroatoms. The molecule has 1 rings (SSSR count). The molecule has 0 aliphatic carbocycles. The molecule has 0 aliphatic rings. The SMILES string of the molecule is CCOCCN(CC)c1cc(C#N)ccc1[C@H](C)O. The molecule has 0 bridgehead atoms. The van der Waals surface area contributed by atoms with Crippen LogP contribution in [0, 0.1) is 11.3 Å². The predicted octanol–water partition coefficient (Wildman–Crippen LogP) is 2.47. The number of aliphatic hydroxyl groups excluding tert-OH is 1. The Balaban J connectivity index is 3.02. The first kappa shape index (κ1) is 15.5. The minimum atomic E-state index is -0.552. The Labute approximate surface area is 115 Å². The van der Waals surface area contributed by atoms with Gasteiger partial charge in [0.05, 0.1) is 24.3 Å². The van der Waals surface area contributed by atoms with Gasteiger partial charge in [-0.15, -0.1) is 0 Å². The van der Waals surface area contributed by atoms with Crippen molar-refractivity contribution in [3.63, 3.8) is 0 Å². The Kier molecular flexibility index (Phi) is 6.34. The molecule has 0 saturated carbocycles. The second-order valence-electron chi connectivity index (χ2n) is 4.34. The zero-order chi connectivity index (χ0) is 14.3. The van der Waals surface area contributed by atoms with E-state index in [2.05, 4.69) is 17.9 Å². The molecule has 0 aromatic heterocycles. The van der Waals surface area contributed by atoms with Crippen LogP contribution in [0.15, 0.2) is 18.2 Å². The average Bonchev–Trinajstić information content (AvgIpc) is 2.43. The number of nitriles is 1. The van der Waals surface area contributed by atoms with Gasteiger partial charge >= 0.3 is 0 Å². The number of aliphatic hydroxyl groups is 1. The van der Waals surface area contributed by atoms with Gasteiger partial charge in [0.2, 0.25) is 0 Å². The number of hydrogen-bond acceptors (Lipinski definition) is 4. The molecular weight excluding hydrogens is 240 g/mol. The second-order valence-corrected chi connectivity index (χ2v) is 4.34. The summed E-state index contributed by atoms with van der Waals surface area (Å²) in [4.78, 5) is 2.12. The molecule has 4 nitrogen and oxygen atoms in total. The molecule has 0 aliphatic heterocycles. The third-order valence-corrected chi connectivity index (χ3v) is 3.04. The van der Waals surface area contributed by atoms with E-state index in [0.29, 0.717) is 18.8 Å². The number of rotatable bonds is 7. The average molecular weight is 262 g/mol. The Morgan fingerprint density at radius 3 is 2.68 bits per heavy atom. The molecule has 1 aromatic rings. The highest BCUT2D eigenvalue weighted by atomic mass is 16.5. The van der Waals surface area contributed by atoms with Crippen LogP contribution in [-0.4, -0.2) is 31.4 Å². The number of nitrogens with zero attached hydrogens (tertiary/aromatic N) is 2. The summed E-state index contributed by atoms with van der Waals surface area (Å²) < 4.78 is 5.38. The molecule has 0 heterocycles. The van der Waals surface area contributed by atoms with Crippen molar-refractivity contribution >= 4 is 5.69 Å². The third-order valence-electron chi connectivity index (χ3n) is 3.04. The van der Waals surface area contributed by atoms with Gasteiger partial charge in [-0.05, 0) is 32.9 Å². The van der Waals surface area contributed by atoms with Crippen molar-refractivity contribution in [2.75, 3.05) is 31.2 Å². The molecule has 19 heavy (non-hydrogen) atoms. The van der Waals surface area contributed by atoms with Crippen LogP contribution in [0.5, 0.6) is 0 Å². The Morgan fingerprint density at radius 1 is 1.42 bits per heavy atom. The lowest BCUT2D eigenvalue weighted by Crippen LogP contribution is -2.28. The molecule has 0 unspecified atom stereocenters. The first-order valence-corrected chi connectivity index (χ1v) is 6.68. The van der Waals surface area contributed by atoms with E-state index in [4.69, 9.17) is 10.00 Å². The second kappa shape index (κ2) is 7.78. The van der Waals surface area contributed by atoms with Crippen LogP contribution >= 0.6 is 0 Å². The first-order valence-electron chi connectivity index (χ1n) is 6.68. The van der Waals surface area contributed by atoms with Gasteiger partial charge in [-0.3, -0.25) is 0 Å². The van der Waals surface area contributed by atoms with Gasteiger partial charge < -0.3 is 14.7 Å². The van der Waals surface area contributed by atoms with E-state index in [1.54, 1.807) is 13.0 Å². The predicted molar refractivity (Wildman–Crippen MR) is 76.2 cm³/mol. The van der Waals surface area contributed by atoms with E-state index in [1.165, 1.54) is 0 Å². The first-order chi connectivity index (χ1) is 9.13. The van der Waals surface area contributed by atoms with E-state index in [1.807, 2.05) is 19.1 Å². The molecule has 1 aromatic carbocycles. The summed E-state index contributed by atoms with van der Waals surface area (Å²) in [5, 5.41) is 18.8. The van der Waals surface area contributed by atoms with Gasteiger partial charge in [0, 0.05) is 30.9 Å². The molecular formula is C15H22N2O2. The minimum Gasteiger partial charge on any atom is -0.389 e. The standard InChI is InChI=1S/C15H22N2O2/c1-4-17(8-9-19-5-2)15-10-13(11-16)6-7-14(15)12(3)18/h6-7,10,12,18H,4-5,8-9H2,1-3H3/t12-/m0/s1. The lowest BCUT2D eigenvalue weighted by molar-refractivity contribution is 0.153. The van der Waals surface area contributed by atoms with Crippen LogP contribution in [0.4, 0.5) is 5.69 Å². The molecule has 0 amide bonds. The van der Waals surface area contributed by atoms with E-state index < -0.39 is 6.10 Å². The maximum absolute atomic E-state index is 9.84. The van der Waals surface area contributed by atoms with E-state index in [9.17, 15) is 5.11 Å². The van der Waals surface area contributed by atoms with Gasteiger partial charge in [-0.2, -0.15) is 5.26 Å². The monoisotopic (exact) mass is 262 g/mol. The van der Waals surface area contributed by atoms with Crippen molar-refractivity contribution in [2.24, 2.45) is 0 Å². The molecule has 0 spiro atoms. The van der Waals surface area contributed by atoms with Crippen LogP contribution in [-0.2, 0) is 4.74 Å². The fourth-order valence-electron chi connectivity index (χ4n) is 2.01. The van der Waals surface area contributed by atoms with Crippen LogP contribution in [0.1, 0.15) is 38.0 Å². The summed E-state index contributed by atoms with van der Waals surface area (Å²) in [5.74, 6) is 0. The van der Waals surface area contributed by atoms with Crippen molar-refractivity contribution in [3.8, 4) is 6.07 Å². The van der Waals surface area contributed by atoms with Crippen LogP contribution in [0.25, 0.3) is 0 Å². The van der Waals surface area contributed by atoms with Crippen molar-refractivity contribution < 1.29 is 9.84 Å². The van der Waals surface area contributed by atoms with Crippen LogP contribution in [0.3, 0.4) is 0 Å². The summed E-state index contributed by atoms with van der Waals surface area (Å²) in [6.45, 7) is 8.64. The van der Waals surface area contributed by atoms with Gasteiger partial charge in [-0.25, -0.2) is 0 Å². The number of ether oxygens (including phenoxy) is 1. The van der Waals surface area contributed by atoms with Crippen molar-refractivity contribution in [3.05, 3.63) is 29.3 Å². The number of likely N-dealkylation sites (N-methyl/N-ethyl adjacent to an activating group) is 1. The highest BCUT2D eigenvalue weighted by Gasteiger charge is 2.14. The van der Waals surface area contributed by atoms with Crippen molar-refractivity contribution in [1.29, 1.82) is 5.26 Å². The van der Waals surface area contributed by atoms with Gasteiger partial charge in [0.1, 0.15) is 0 Å². The topological polar surface area (TPSA) is 56.5 Å². The quantitative estimate of drug-likeness (QED) is 0.767. The number of benzene rings is 1. The summed E-state index contributed by atoms with van der Waals surface area (Å²) in [5.41, 5.74) is 2.36. The number of anilines is 1. The molecule has 1 atom stereocenters. The molecule has 0 saturated heterocycles. The normalized spacial score (nSPS) is 11.9. The van der Waals surface area contributed by atoms with Crippen molar-refractivity contribution in [1.82, 2.24) is 0 Å². The summed E-state index contributed by atoms with van der Waals surface area (Å²) >= 11 is 0. The molecule has 0 fully saturated rings. The van der Waals surface area contributed by atoms with Crippen molar-refractivity contribution in [2.45, 2.75) is 26.9 Å². The summed E-state index contributed by atoms with van der Waals surface area (Å²) in [6.07, 6.45) is -0.552. The Bertz CT molecular complexity index is 438. The number of hydrogen-bond donors (Lipinski definition) is 1. The minimum absolute atomic E-state index is 0.552. The molecule has 1 N–H and O–H groups in total. The lowest BCUT2D eigenvalue weighted by Gasteiger charge is -2.26.